The van der Waals surface area contributed by atoms with E-state index in [2.05, 4.69) is 21.2 Å². The molecular weight excluding hydrogens is 422 g/mol. The summed E-state index contributed by atoms with van der Waals surface area (Å²) in [6.07, 6.45) is 0. The van der Waals surface area contributed by atoms with Gasteiger partial charge in [0.05, 0.1) is 24.3 Å². The summed E-state index contributed by atoms with van der Waals surface area (Å²) in [5.74, 6) is 0.706. The number of primary amides is 1. The van der Waals surface area contributed by atoms with Crippen molar-refractivity contribution in [2.45, 2.75) is 6.54 Å². The van der Waals surface area contributed by atoms with E-state index in [1.807, 2.05) is 48.3 Å². The molecule has 0 aliphatic rings. The van der Waals surface area contributed by atoms with Crippen LogP contribution in [0.3, 0.4) is 0 Å². The zero-order valence-electron chi connectivity index (χ0n) is 15.3. The van der Waals surface area contributed by atoms with Gasteiger partial charge in [-0.15, -0.1) is 0 Å². The third kappa shape index (κ3) is 5.09. The summed E-state index contributed by atoms with van der Waals surface area (Å²) >= 11 is 3.41. The number of nitrogens with zero attached hydrogens (tertiary/aromatic N) is 1. The van der Waals surface area contributed by atoms with Crippen molar-refractivity contribution >= 4 is 33.4 Å². The maximum atomic E-state index is 12.3. The minimum atomic E-state index is -0.583. The monoisotopic (exact) mass is 441 g/mol. The van der Waals surface area contributed by atoms with Crippen LogP contribution in [0, 0.1) is 0 Å². The van der Waals surface area contributed by atoms with Crippen molar-refractivity contribution in [3.05, 3.63) is 76.5 Å². The number of carbonyl (C=O) groups excluding carboxylic acids is 2. The molecule has 0 saturated carbocycles. The van der Waals surface area contributed by atoms with Crippen molar-refractivity contribution in [1.29, 1.82) is 0 Å². The molecule has 0 atom stereocenters. The summed E-state index contributed by atoms with van der Waals surface area (Å²) in [6, 6.07) is 18.3. The molecular formula is C21H20BrN3O3. The minimum Gasteiger partial charge on any atom is -0.460 e. The lowest BCUT2D eigenvalue weighted by atomic mass is 10.1. The van der Waals surface area contributed by atoms with Gasteiger partial charge in [-0.25, -0.2) is 0 Å². The molecule has 0 aliphatic heterocycles. The molecule has 3 rings (SSSR count). The van der Waals surface area contributed by atoms with Crippen molar-refractivity contribution < 1.29 is 14.0 Å². The minimum absolute atomic E-state index is 0.140. The third-order valence-electron chi connectivity index (χ3n) is 4.10. The maximum Gasteiger partial charge on any atom is 0.250 e. The van der Waals surface area contributed by atoms with E-state index in [9.17, 15) is 9.59 Å². The molecule has 0 bridgehead atoms. The Morgan fingerprint density at radius 2 is 1.79 bits per heavy atom. The average molecular weight is 442 g/mol. The Morgan fingerprint density at radius 1 is 1.07 bits per heavy atom. The van der Waals surface area contributed by atoms with E-state index < -0.39 is 5.91 Å². The Hall–Kier alpha value is -2.90. The second kappa shape index (κ2) is 8.86. The van der Waals surface area contributed by atoms with E-state index in [1.54, 1.807) is 24.3 Å². The molecule has 0 fully saturated rings. The second-order valence-electron chi connectivity index (χ2n) is 6.40. The van der Waals surface area contributed by atoms with Crippen LogP contribution in [0.5, 0.6) is 0 Å². The van der Waals surface area contributed by atoms with Gasteiger partial charge in [0.25, 0.3) is 5.91 Å². The molecule has 144 valence electrons. The first-order chi connectivity index (χ1) is 13.4. The molecule has 28 heavy (non-hydrogen) atoms. The first-order valence-corrected chi connectivity index (χ1v) is 9.43. The highest BCUT2D eigenvalue weighted by molar-refractivity contribution is 9.10. The van der Waals surface area contributed by atoms with Gasteiger partial charge in [0.2, 0.25) is 5.91 Å². The van der Waals surface area contributed by atoms with E-state index in [0.29, 0.717) is 12.2 Å². The molecule has 7 heteroatoms. The zero-order chi connectivity index (χ0) is 20.1. The molecule has 0 spiro atoms. The first-order valence-electron chi connectivity index (χ1n) is 8.64. The predicted octanol–water partition coefficient (Wildman–Crippen LogP) is 3.88. The lowest BCUT2D eigenvalue weighted by Gasteiger charge is -2.15. The smallest absolute Gasteiger partial charge is 0.250 e. The number of benzene rings is 2. The topological polar surface area (TPSA) is 88.6 Å². The fourth-order valence-electron chi connectivity index (χ4n) is 2.80. The molecule has 3 N–H and O–H groups in total. The van der Waals surface area contributed by atoms with Crippen LogP contribution < -0.4 is 11.1 Å². The summed E-state index contributed by atoms with van der Waals surface area (Å²) in [7, 11) is 1.82. The number of nitrogens with two attached hydrogens (primary N) is 1. The molecule has 6 nitrogen and oxygen atoms in total. The number of halogens is 1. The van der Waals surface area contributed by atoms with Gasteiger partial charge < -0.3 is 15.5 Å². The molecule has 0 saturated heterocycles. The first kappa shape index (κ1) is 19.9. The van der Waals surface area contributed by atoms with E-state index in [0.717, 1.165) is 21.6 Å². The lowest BCUT2D eigenvalue weighted by molar-refractivity contribution is -0.117. The number of anilines is 1. The Morgan fingerprint density at radius 3 is 2.50 bits per heavy atom. The van der Waals surface area contributed by atoms with Crippen LogP contribution in [0.25, 0.3) is 11.3 Å². The molecule has 0 radical (unpaired) electrons. The number of furan rings is 1. The largest absolute Gasteiger partial charge is 0.460 e. The average Bonchev–Trinajstić information content (AvgIpc) is 3.10. The molecule has 1 heterocycles. The van der Waals surface area contributed by atoms with Crippen LogP contribution in [0.1, 0.15) is 16.1 Å². The summed E-state index contributed by atoms with van der Waals surface area (Å²) in [6.45, 7) is 0.614. The van der Waals surface area contributed by atoms with Crippen molar-refractivity contribution in [3.8, 4) is 11.3 Å². The Labute approximate surface area is 171 Å². The zero-order valence-corrected chi connectivity index (χ0v) is 16.9. The Bertz CT molecular complexity index is 983. The molecule has 3 aromatic rings. The van der Waals surface area contributed by atoms with Gasteiger partial charge in [0.1, 0.15) is 11.5 Å². The number of hydrogen-bond donors (Lipinski definition) is 2. The highest BCUT2D eigenvalue weighted by atomic mass is 79.9. The Balaban J connectivity index is 1.58. The Kier molecular flexibility index (Phi) is 6.28. The van der Waals surface area contributed by atoms with Gasteiger partial charge in [-0.3, -0.25) is 14.5 Å². The lowest BCUT2D eigenvalue weighted by Crippen LogP contribution is -2.30. The van der Waals surface area contributed by atoms with Crippen LogP contribution in [-0.2, 0) is 11.3 Å². The summed E-state index contributed by atoms with van der Waals surface area (Å²) in [4.78, 5) is 25.6. The number of amides is 2. The molecule has 2 aromatic carbocycles. The van der Waals surface area contributed by atoms with E-state index in [1.165, 1.54) is 0 Å². The van der Waals surface area contributed by atoms with Crippen LogP contribution in [0.15, 0.2) is 69.6 Å². The molecule has 2 amide bonds. The second-order valence-corrected chi connectivity index (χ2v) is 7.32. The highest BCUT2D eigenvalue weighted by Crippen LogP contribution is 2.24. The van der Waals surface area contributed by atoms with Crippen LogP contribution in [0.4, 0.5) is 5.69 Å². The quantitative estimate of drug-likeness (QED) is 0.582. The number of nitrogens with one attached hydrogen (secondary N) is 1. The number of carbonyl (C=O) groups is 2. The third-order valence-corrected chi connectivity index (χ3v) is 4.62. The van der Waals surface area contributed by atoms with Gasteiger partial charge >= 0.3 is 0 Å². The van der Waals surface area contributed by atoms with Crippen molar-refractivity contribution in [1.82, 2.24) is 4.90 Å². The van der Waals surface area contributed by atoms with Crippen LogP contribution in [0.2, 0.25) is 0 Å². The van der Waals surface area contributed by atoms with Gasteiger partial charge in [-0.2, -0.15) is 0 Å². The van der Waals surface area contributed by atoms with Crippen LogP contribution >= 0.6 is 15.9 Å². The van der Waals surface area contributed by atoms with E-state index in [4.69, 9.17) is 10.2 Å². The fraction of sp³-hybridized carbons (Fsp3) is 0.143. The van der Waals surface area contributed by atoms with E-state index in [-0.39, 0.29) is 18.0 Å². The van der Waals surface area contributed by atoms with Crippen molar-refractivity contribution in [3.63, 3.8) is 0 Å². The van der Waals surface area contributed by atoms with Crippen molar-refractivity contribution in [2.75, 3.05) is 18.9 Å². The van der Waals surface area contributed by atoms with Gasteiger partial charge in [0.15, 0.2) is 0 Å². The molecule has 0 unspecified atom stereocenters. The summed E-state index contributed by atoms with van der Waals surface area (Å²) < 4.78 is 6.89. The normalized spacial score (nSPS) is 10.8. The number of likely N-dealkylation sites (N-methyl/N-ethyl adjacent to an activating group) is 1. The summed E-state index contributed by atoms with van der Waals surface area (Å²) in [5.41, 5.74) is 7.01. The fourth-order valence-corrected chi connectivity index (χ4v) is 3.06. The standard InChI is InChI=1S/C21H20BrN3O3/c1-25(13-20(26)24-18-5-3-2-4-17(18)21(23)27)12-16-10-11-19(28-16)14-6-8-15(22)9-7-14/h2-11H,12-13H2,1H3,(H2,23,27)(H,24,26). The van der Waals surface area contributed by atoms with Gasteiger partial charge in [-0.05, 0) is 43.4 Å². The van der Waals surface area contributed by atoms with Crippen molar-refractivity contribution in [2.24, 2.45) is 5.73 Å². The number of para-hydroxylation sites is 1. The summed E-state index contributed by atoms with van der Waals surface area (Å²) in [5, 5.41) is 2.73. The molecule has 1 aromatic heterocycles. The number of rotatable bonds is 7. The predicted molar refractivity (Wildman–Crippen MR) is 112 cm³/mol. The van der Waals surface area contributed by atoms with E-state index >= 15 is 0 Å². The van der Waals surface area contributed by atoms with Gasteiger partial charge in [-0.1, -0.05) is 40.2 Å². The molecule has 0 aliphatic carbocycles. The van der Waals surface area contributed by atoms with Gasteiger partial charge in [0, 0.05) is 10.0 Å². The number of hydrogen-bond acceptors (Lipinski definition) is 4. The highest BCUT2D eigenvalue weighted by Gasteiger charge is 2.13. The SMILES string of the molecule is CN(CC(=O)Nc1ccccc1C(N)=O)Cc1ccc(-c2ccc(Br)cc2)o1. The maximum absolute atomic E-state index is 12.3. The van der Waals surface area contributed by atoms with Crippen LogP contribution in [-0.4, -0.2) is 30.3 Å².